The molecule has 0 unspecified atom stereocenters. The van der Waals surface area contributed by atoms with Gasteiger partial charge in [-0.25, -0.2) is 4.98 Å². The molecule has 4 aliphatic rings. The standard InChI is InChI=1S/C19H27N3O2/c1-12-18(24-11-20-12)19(23)21-8-13-7-15(10-21)17-4-2-3-16(14-5-6-14)22(17)9-13/h11,13-17H,2-10H2,1H3/t13-,15+,16+,17-/m0/s1. The summed E-state index contributed by atoms with van der Waals surface area (Å²) < 4.78 is 5.35. The van der Waals surface area contributed by atoms with Crippen LogP contribution >= 0.6 is 0 Å². The van der Waals surface area contributed by atoms with Crippen molar-refractivity contribution in [1.29, 1.82) is 0 Å². The van der Waals surface area contributed by atoms with Crippen LogP contribution in [-0.2, 0) is 0 Å². The summed E-state index contributed by atoms with van der Waals surface area (Å²) in [5, 5.41) is 0. The lowest BCUT2D eigenvalue weighted by Crippen LogP contribution is -2.62. The van der Waals surface area contributed by atoms with Crippen LogP contribution in [0.2, 0.25) is 0 Å². The van der Waals surface area contributed by atoms with Crippen LogP contribution in [0.1, 0.15) is 54.8 Å². The van der Waals surface area contributed by atoms with Crippen LogP contribution in [0.25, 0.3) is 0 Å². The van der Waals surface area contributed by atoms with Crippen molar-refractivity contribution >= 4 is 5.91 Å². The minimum absolute atomic E-state index is 0.0442. The second kappa shape index (κ2) is 5.58. The van der Waals surface area contributed by atoms with E-state index in [0.717, 1.165) is 25.0 Å². The van der Waals surface area contributed by atoms with E-state index in [4.69, 9.17) is 4.42 Å². The van der Waals surface area contributed by atoms with E-state index in [2.05, 4.69) is 9.88 Å². The molecule has 4 atom stereocenters. The van der Waals surface area contributed by atoms with Crippen LogP contribution in [0, 0.1) is 24.7 Å². The van der Waals surface area contributed by atoms with Gasteiger partial charge in [0.25, 0.3) is 5.91 Å². The monoisotopic (exact) mass is 329 g/mol. The smallest absolute Gasteiger partial charge is 0.291 e. The highest BCUT2D eigenvalue weighted by molar-refractivity contribution is 5.92. The van der Waals surface area contributed by atoms with Crippen molar-refractivity contribution in [3.8, 4) is 0 Å². The number of rotatable bonds is 2. The quantitative estimate of drug-likeness (QED) is 0.837. The SMILES string of the molecule is Cc1ncoc1C(=O)N1C[C@@H]2C[C@H](C1)[C@@H]1CCC[C@H](C3CC3)N1C2. The van der Waals surface area contributed by atoms with Gasteiger partial charge in [0.2, 0.25) is 5.76 Å². The molecule has 0 aromatic carbocycles. The lowest BCUT2D eigenvalue weighted by atomic mass is 9.74. The first kappa shape index (κ1) is 14.9. The highest BCUT2D eigenvalue weighted by Crippen LogP contribution is 2.46. The number of carbonyl (C=O) groups excluding carboxylic acids is 1. The number of hydrogen-bond acceptors (Lipinski definition) is 4. The zero-order valence-corrected chi connectivity index (χ0v) is 14.5. The third-order valence-corrected chi connectivity index (χ3v) is 6.83. The first-order valence-corrected chi connectivity index (χ1v) is 9.66. The van der Waals surface area contributed by atoms with Gasteiger partial charge in [0, 0.05) is 31.7 Å². The average Bonchev–Trinajstić information content (AvgIpc) is 3.34. The van der Waals surface area contributed by atoms with Crippen LogP contribution in [0.3, 0.4) is 0 Å². The molecule has 1 aromatic rings. The first-order chi connectivity index (χ1) is 11.7. The lowest BCUT2D eigenvalue weighted by molar-refractivity contribution is -0.0555. The maximum atomic E-state index is 12.8. The van der Waals surface area contributed by atoms with Gasteiger partial charge >= 0.3 is 0 Å². The van der Waals surface area contributed by atoms with Crippen LogP contribution in [0.4, 0.5) is 0 Å². The van der Waals surface area contributed by atoms with E-state index in [9.17, 15) is 4.79 Å². The van der Waals surface area contributed by atoms with Crippen LogP contribution in [-0.4, -0.2) is 52.4 Å². The molecule has 1 saturated carbocycles. The normalized spacial score (nSPS) is 36.5. The van der Waals surface area contributed by atoms with Crippen LogP contribution in [0.15, 0.2) is 10.8 Å². The van der Waals surface area contributed by atoms with Crippen molar-refractivity contribution in [2.45, 2.75) is 57.5 Å². The largest absolute Gasteiger partial charge is 0.438 e. The van der Waals surface area contributed by atoms with Crippen molar-refractivity contribution in [1.82, 2.24) is 14.8 Å². The number of piperidine rings is 3. The second-order valence-electron chi connectivity index (χ2n) is 8.44. The Hall–Kier alpha value is -1.36. The fourth-order valence-electron chi connectivity index (χ4n) is 5.65. The van der Waals surface area contributed by atoms with E-state index in [1.165, 1.54) is 51.5 Å². The van der Waals surface area contributed by atoms with Crippen LogP contribution < -0.4 is 0 Å². The predicted octanol–water partition coefficient (Wildman–Crippen LogP) is 2.71. The molecule has 1 amide bonds. The maximum absolute atomic E-state index is 12.8. The van der Waals surface area contributed by atoms with E-state index in [-0.39, 0.29) is 5.91 Å². The van der Waals surface area contributed by atoms with Crippen molar-refractivity contribution in [2.24, 2.45) is 17.8 Å². The molecule has 4 fully saturated rings. The number of aromatic nitrogens is 1. The van der Waals surface area contributed by atoms with Gasteiger partial charge in [-0.2, -0.15) is 0 Å². The molecule has 5 heteroatoms. The molecule has 2 bridgehead atoms. The topological polar surface area (TPSA) is 49.6 Å². The van der Waals surface area contributed by atoms with Gasteiger partial charge in [-0.05, 0) is 56.8 Å². The molecule has 3 saturated heterocycles. The van der Waals surface area contributed by atoms with E-state index >= 15 is 0 Å². The molecule has 0 N–H and O–H groups in total. The van der Waals surface area contributed by atoms with Crippen molar-refractivity contribution in [3.63, 3.8) is 0 Å². The number of aryl methyl sites for hydroxylation is 1. The fourth-order valence-corrected chi connectivity index (χ4v) is 5.65. The van der Waals surface area contributed by atoms with E-state index < -0.39 is 0 Å². The van der Waals surface area contributed by atoms with Gasteiger partial charge in [0.1, 0.15) is 0 Å². The van der Waals surface area contributed by atoms with Gasteiger partial charge in [-0.1, -0.05) is 6.42 Å². The number of amides is 1. The van der Waals surface area contributed by atoms with Gasteiger partial charge in [-0.15, -0.1) is 0 Å². The lowest BCUT2D eigenvalue weighted by Gasteiger charge is -2.55. The third kappa shape index (κ3) is 2.40. The Labute approximate surface area is 143 Å². The summed E-state index contributed by atoms with van der Waals surface area (Å²) >= 11 is 0. The number of nitrogens with zero attached hydrogens (tertiary/aromatic N) is 3. The molecule has 130 valence electrons. The molecule has 5 rings (SSSR count). The minimum atomic E-state index is 0.0442. The molecule has 4 heterocycles. The number of oxazole rings is 1. The molecule has 0 radical (unpaired) electrons. The average molecular weight is 329 g/mol. The Morgan fingerprint density at radius 1 is 1.12 bits per heavy atom. The molecule has 3 aliphatic heterocycles. The molecule has 5 nitrogen and oxygen atoms in total. The highest BCUT2D eigenvalue weighted by Gasteiger charge is 2.48. The zero-order chi connectivity index (χ0) is 16.3. The Morgan fingerprint density at radius 2 is 1.92 bits per heavy atom. The van der Waals surface area contributed by atoms with Crippen LogP contribution in [0.5, 0.6) is 0 Å². The van der Waals surface area contributed by atoms with E-state index in [1.54, 1.807) is 0 Å². The summed E-state index contributed by atoms with van der Waals surface area (Å²) in [4.78, 5) is 21.8. The summed E-state index contributed by atoms with van der Waals surface area (Å²) in [6.45, 7) is 4.83. The van der Waals surface area contributed by atoms with Gasteiger partial charge in [-0.3, -0.25) is 9.69 Å². The Kier molecular flexibility index (Phi) is 3.47. The maximum Gasteiger partial charge on any atom is 0.291 e. The first-order valence-electron chi connectivity index (χ1n) is 9.66. The summed E-state index contributed by atoms with van der Waals surface area (Å²) in [6.07, 6.45) is 9.68. The molecule has 1 aliphatic carbocycles. The van der Waals surface area contributed by atoms with Gasteiger partial charge < -0.3 is 9.32 Å². The summed E-state index contributed by atoms with van der Waals surface area (Å²) in [6, 6.07) is 1.54. The van der Waals surface area contributed by atoms with Crippen molar-refractivity contribution < 1.29 is 9.21 Å². The van der Waals surface area contributed by atoms with Gasteiger partial charge in [0.05, 0.1) is 5.69 Å². The van der Waals surface area contributed by atoms with Gasteiger partial charge in [0.15, 0.2) is 6.39 Å². The Balaban J connectivity index is 1.35. The second-order valence-corrected chi connectivity index (χ2v) is 8.44. The summed E-state index contributed by atoms with van der Waals surface area (Å²) in [7, 11) is 0. The number of fused-ring (bicyclic) bond motifs is 4. The molecular formula is C19H27N3O2. The molecule has 24 heavy (non-hydrogen) atoms. The summed E-state index contributed by atoms with van der Waals surface area (Å²) in [5.41, 5.74) is 0.712. The number of carbonyl (C=O) groups is 1. The zero-order valence-electron chi connectivity index (χ0n) is 14.5. The van der Waals surface area contributed by atoms with E-state index in [1.807, 2.05) is 11.8 Å². The Morgan fingerprint density at radius 3 is 2.62 bits per heavy atom. The van der Waals surface area contributed by atoms with Crippen molar-refractivity contribution in [2.75, 3.05) is 19.6 Å². The fraction of sp³-hybridized carbons (Fsp3) is 0.789. The number of likely N-dealkylation sites (tertiary alicyclic amines) is 1. The highest BCUT2D eigenvalue weighted by atomic mass is 16.3. The summed E-state index contributed by atoms with van der Waals surface area (Å²) in [5.74, 6) is 2.73. The third-order valence-electron chi connectivity index (χ3n) is 6.83. The molecular weight excluding hydrogens is 302 g/mol. The molecule has 1 aromatic heterocycles. The minimum Gasteiger partial charge on any atom is -0.438 e. The number of hydrogen-bond donors (Lipinski definition) is 0. The van der Waals surface area contributed by atoms with E-state index in [0.29, 0.717) is 29.3 Å². The Bertz CT molecular complexity index is 638. The van der Waals surface area contributed by atoms with Crippen molar-refractivity contribution in [3.05, 3.63) is 17.8 Å². The molecule has 0 spiro atoms. The predicted molar refractivity (Wildman–Crippen MR) is 89.6 cm³/mol.